The minimum absolute atomic E-state index is 0.0255. The Bertz CT molecular complexity index is 511. The fraction of sp³-hybridized carbons (Fsp3) is 0.364. The molecule has 0 radical (unpaired) electrons. The van der Waals surface area contributed by atoms with Crippen molar-refractivity contribution in [1.82, 2.24) is 0 Å². The van der Waals surface area contributed by atoms with Crippen molar-refractivity contribution < 1.29 is 26.7 Å². The Labute approximate surface area is 105 Å². The number of anilines is 1. The second kappa shape index (κ2) is 4.76. The van der Waals surface area contributed by atoms with Gasteiger partial charge in [-0.1, -0.05) is 6.07 Å². The molecule has 0 spiro atoms. The molecule has 0 saturated heterocycles. The van der Waals surface area contributed by atoms with Gasteiger partial charge in [-0.2, -0.15) is 13.2 Å². The molecule has 1 aromatic rings. The van der Waals surface area contributed by atoms with Gasteiger partial charge in [0.15, 0.2) is 11.4 Å². The van der Waals surface area contributed by atoms with Gasteiger partial charge >= 0.3 is 6.18 Å². The monoisotopic (exact) mass is 282 g/mol. The highest BCUT2D eigenvalue weighted by atomic mass is 19.4. The highest BCUT2D eigenvalue weighted by Crippen LogP contribution is 2.30. The molecular formula is C11H11F5N2O. The molecule has 0 aliphatic heterocycles. The van der Waals surface area contributed by atoms with Crippen molar-refractivity contribution in [2.75, 3.05) is 5.32 Å². The number of rotatable bonds is 2. The summed E-state index contributed by atoms with van der Waals surface area (Å²) in [6.07, 6.45) is -5.05. The normalized spacial score (nSPS) is 14.9. The zero-order chi connectivity index (χ0) is 15.0. The van der Waals surface area contributed by atoms with Crippen LogP contribution in [0.1, 0.15) is 12.5 Å². The van der Waals surface area contributed by atoms with E-state index in [0.29, 0.717) is 6.92 Å². The third-order valence-electron chi connectivity index (χ3n) is 2.58. The van der Waals surface area contributed by atoms with Crippen LogP contribution >= 0.6 is 0 Å². The first-order valence-corrected chi connectivity index (χ1v) is 5.10. The smallest absolute Gasteiger partial charge is 0.319 e. The molecule has 0 saturated carbocycles. The molecule has 0 aliphatic rings. The lowest BCUT2D eigenvalue weighted by molar-refractivity contribution is -0.184. The van der Waals surface area contributed by atoms with Gasteiger partial charge < -0.3 is 11.1 Å². The van der Waals surface area contributed by atoms with Crippen molar-refractivity contribution in [2.24, 2.45) is 5.73 Å². The Morgan fingerprint density at radius 3 is 2.26 bits per heavy atom. The first-order chi connectivity index (χ1) is 8.48. The fourth-order valence-corrected chi connectivity index (χ4v) is 1.14. The summed E-state index contributed by atoms with van der Waals surface area (Å²) in [6, 6.07) is 1.92. The van der Waals surface area contributed by atoms with Gasteiger partial charge in [0.1, 0.15) is 11.5 Å². The van der Waals surface area contributed by atoms with Crippen LogP contribution in [0.15, 0.2) is 12.1 Å². The van der Waals surface area contributed by atoms with Crippen LogP contribution in [0, 0.1) is 18.6 Å². The average Bonchev–Trinajstić information content (AvgIpc) is 2.27. The molecule has 106 valence electrons. The molecule has 1 atom stereocenters. The molecule has 1 unspecified atom stereocenters. The van der Waals surface area contributed by atoms with Gasteiger partial charge in [-0.3, -0.25) is 4.79 Å². The molecule has 0 aromatic heterocycles. The zero-order valence-corrected chi connectivity index (χ0v) is 10.0. The number of benzene rings is 1. The van der Waals surface area contributed by atoms with E-state index in [1.54, 1.807) is 0 Å². The molecule has 19 heavy (non-hydrogen) atoms. The van der Waals surface area contributed by atoms with Gasteiger partial charge in [0.05, 0.1) is 0 Å². The summed E-state index contributed by atoms with van der Waals surface area (Å²) >= 11 is 0. The Morgan fingerprint density at radius 2 is 1.79 bits per heavy atom. The highest BCUT2D eigenvalue weighted by Gasteiger charge is 2.54. The molecule has 0 bridgehead atoms. The minimum atomic E-state index is -5.05. The number of carbonyl (C=O) groups excluding carboxylic acids is 1. The number of hydrogen-bond acceptors (Lipinski definition) is 2. The molecule has 0 heterocycles. The Balaban J connectivity index is 3.12. The van der Waals surface area contributed by atoms with Gasteiger partial charge in [0.25, 0.3) is 5.91 Å². The summed E-state index contributed by atoms with van der Waals surface area (Å²) in [7, 11) is 0. The molecule has 1 aromatic carbocycles. The van der Waals surface area contributed by atoms with Gasteiger partial charge in [0, 0.05) is 0 Å². The first kappa shape index (κ1) is 15.4. The molecule has 0 fully saturated rings. The second-order valence-corrected chi connectivity index (χ2v) is 4.21. The van der Waals surface area contributed by atoms with E-state index in [-0.39, 0.29) is 5.56 Å². The van der Waals surface area contributed by atoms with Crippen LogP contribution in [0.2, 0.25) is 0 Å². The number of nitrogens with one attached hydrogen (secondary N) is 1. The number of hydrogen-bond donors (Lipinski definition) is 2. The lowest BCUT2D eigenvalue weighted by Crippen LogP contribution is -2.59. The van der Waals surface area contributed by atoms with Crippen LogP contribution in [0.4, 0.5) is 27.6 Å². The summed E-state index contributed by atoms with van der Waals surface area (Å²) in [5, 5.41) is 1.53. The van der Waals surface area contributed by atoms with Crippen molar-refractivity contribution in [3.63, 3.8) is 0 Å². The van der Waals surface area contributed by atoms with Crippen LogP contribution in [0.25, 0.3) is 0 Å². The van der Waals surface area contributed by atoms with Gasteiger partial charge in [0.2, 0.25) is 0 Å². The molecule has 3 N–H and O–H groups in total. The second-order valence-electron chi connectivity index (χ2n) is 4.21. The van der Waals surface area contributed by atoms with E-state index in [0.717, 1.165) is 12.1 Å². The van der Waals surface area contributed by atoms with Crippen LogP contribution in [0.3, 0.4) is 0 Å². The van der Waals surface area contributed by atoms with E-state index in [9.17, 15) is 26.7 Å². The van der Waals surface area contributed by atoms with Gasteiger partial charge in [-0.15, -0.1) is 0 Å². The topological polar surface area (TPSA) is 55.1 Å². The standard InChI is InChI=1S/C11H11F5N2O/c1-5-3-4-6(12)8(7(5)13)18-9(19)10(2,17)11(14,15)16/h3-4H,17H2,1-2H3,(H,18,19). The molecule has 0 aliphatic carbocycles. The van der Waals surface area contributed by atoms with Gasteiger partial charge in [-0.25, -0.2) is 8.78 Å². The first-order valence-electron chi connectivity index (χ1n) is 5.10. The number of halogens is 5. The van der Waals surface area contributed by atoms with E-state index in [4.69, 9.17) is 5.73 Å². The average molecular weight is 282 g/mol. The van der Waals surface area contributed by atoms with Crippen LogP contribution < -0.4 is 11.1 Å². The number of aryl methyl sites for hydroxylation is 1. The van der Waals surface area contributed by atoms with E-state index in [2.05, 4.69) is 0 Å². The Kier molecular flexibility index (Phi) is 3.85. The lowest BCUT2D eigenvalue weighted by Gasteiger charge is -2.26. The van der Waals surface area contributed by atoms with Crippen molar-refractivity contribution in [3.8, 4) is 0 Å². The quantitative estimate of drug-likeness (QED) is 0.819. The largest absolute Gasteiger partial charge is 0.415 e. The number of nitrogens with two attached hydrogens (primary N) is 1. The summed E-state index contributed by atoms with van der Waals surface area (Å²) < 4.78 is 64.3. The van der Waals surface area contributed by atoms with E-state index >= 15 is 0 Å². The molecule has 1 amide bonds. The van der Waals surface area contributed by atoms with Crippen molar-refractivity contribution in [1.29, 1.82) is 0 Å². The zero-order valence-electron chi connectivity index (χ0n) is 10.0. The highest BCUT2D eigenvalue weighted by molar-refractivity contribution is 5.98. The van der Waals surface area contributed by atoms with E-state index in [1.807, 2.05) is 0 Å². The summed E-state index contributed by atoms with van der Waals surface area (Å²) in [5.74, 6) is -4.08. The van der Waals surface area contributed by atoms with Crippen LogP contribution in [0.5, 0.6) is 0 Å². The Hall–Kier alpha value is -1.70. The molecular weight excluding hydrogens is 271 g/mol. The maximum Gasteiger partial charge on any atom is 0.415 e. The minimum Gasteiger partial charge on any atom is -0.319 e. The number of amides is 1. The van der Waals surface area contributed by atoms with E-state index < -0.39 is 34.9 Å². The summed E-state index contributed by atoms with van der Waals surface area (Å²) in [4.78, 5) is 11.4. The van der Waals surface area contributed by atoms with Crippen molar-refractivity contribution >= 4 is 11.6 Å². The number of carbonyl (C=O) groups is 1. The van der Waals surface area contributed by atoms with Crippen LogP contribution in [-0.2, 0) is 4.79 Å². The fourth-order valence-electron chi connectivity index (χ4n) is 1.14. The van der Waals surface area contributed by atoms with E-state index in [1.165, 1.54) is 12.2 Å². The lowest BCUT2D eigenvalue weighted by atomic mass is 10.0. The van der Waals surface area contributed by atoms with Gasteiger partial charge in [-0.05, 0) is 25.5 Å². The third kappa shape index (κ3) is 2.83. The predicted octanol–water partition coefficient (Wildman–Crippen LogP) is 2.49. The van der Waals surface area contributed by atoms with Crippen LogP contribution in [-0.4, -0.2) is 17.6 Å². The maximum atomic E-state index is 13.5. The maximum absolute atomic E-state index is 13.5. The summed E-state index contributed by atoms with van der Waals surface area (Å²) in [5.41, 5.74) is 0.609. The summed E-state index contributed by atoms with van der Waals surface area (Å²) in [6.45, 7) is 1.68. The molecule has 8 heteroatoms. The third-order valence-corrected chi connectivity index (χ3v) is 2.58. The van der Waals surface area contributed by atoms with Crippen molar-refractivity contribution in [3.05, 3.63) is 29.3 Å². The Morgan fingerprint density at radius 1 is 1.26 bits per heavy atom. The molecule has 1 rings (SSSR count). The number of alkyl halides is 3. The van der Waals surface area contributed by atoms with Crippen molar-refractivity contribution in [2.45, 2.75) is 25.6 Å². The molecule has 3 nitrogen and oxygen atoms in total. The SMILES string of the molecule is Cc1ccc(F)c(NC(=O)C(C)(N)C(F)(F)F)c1F. The predicted molar refractivity (Wildman–Crippen MR) is 58.4 cm³/mol.